The van der Waals surface area contributed by atoms with Crippen LogP contribution in [0.25, 0.3) is 0 Å². The lowest BCUT2D eigenvalue weighted by Gasteiger charge is -2.32. The van der Waals surface area contributed by atoms with E-state index in [1.165, 1.54) is 0 Å². The van der Waals surface area contributed by atoms with Gasteiger partial charge in [-0.1, -0.05) is 30.3 Å². The van der Waals surface area contributed by atoms with Crippen LogP contribution in [0.3, 0.4) is 0 Å². The lowest BCUT2D eigenvalue weighted by atomic mass is 10.1. The summed E-state index contributed by atoms with van der Waals surface area (Å²) in [4.78, 5) is 23.6. The van der Waals surface area contributed by atoms with Crippen LogP contribution in [0.5, 0.6) is 11.5 Å². The molecule has 0 saturated carbocycles. The van der Waals surface area contributed by atoms with E-state index in [4.69, 9.17) is 19.2 Å². The third-order valence-corrected chi connectivity index (χ3v) is 6.43. The molecule has 190 valence electrons. The molecule has 9 heteroatoms. The molecular formula is C27H33N5O4. The first-order chi connectivity index (χ1) is 17.6. The van der Waals surface area contributed by atoms with E-state index in [0.29, 0.717) is 75.3 Å². The Morgan fingerprint density at radius 3 is 2.42 bits per heavy atom. The molecule has 36 heavy (non-hydrogen) atoms. The van der Waals surface area contributed by atoms with Crippen LogP contribution in [0.1, 0.15) is 24.5 Å². The lowest BCUT2D eigenvalue weighted by Crippen LogP contribution is -2.49. The molecule has 2 saturated heterocycles. The maximum absolute atomic E-state index is 12.9. The Kier molecular flexibility index (Phi) is 8.63. The number of morpholine rings is 1. The van der Waals surface area contributed by atoms with Gasteiger partial charge in [0.1, 0.15) is 18.5 Å². The molecule has 2 aliphatic rings. The van der Waals surface area contributed by atoms with Crippen molar-refractivity contribution in [2.45, 2.75) is 20.0 Å². The molecule has 0 aliphatic carbocycles. The van der Waals surface area contributed by atoms with Crippen molar-refractivity contribution in [1.82, 2.24) is 14.7 Å². The Balaban J connectivity index is 1.45. The Morgan fingerprint density at radius 1 is 1.00 bits per heavy atom. The highest BCUT2D eigenvalue weighted by atomic mass is 16.5. The third kappa shape index (κ3) is 6.26. The summed E-state index contributed by atoms with van der Waals surface area (Å²) in [7, 11) is 1.58. The van der Waals surface area contributed by atoms with Crippen LogP contribution in [0.4, 0.5) is 10.5 Å². The number of carbonyl (C=O) groups is 1. The summed E-state index contributed by atoms with van der Waals surface area (Å²) in [5.74, 6) is 1.82. The Labute approximate surface area is 212 Å². The second kappa shape index (κ2) is 12.3. The number of amidine groups is 1. The highest BCUT2D eigenvalue weighted by molar-refractivity contribution is 5.84. The number of amides is 2. The highest BCUT2D eigenvalue weighted by Gasteiger charge is 2.25. The van der Waals surface area contributed by atoms with Crippen molar-refractivity contribution in [3.8, 4) is 17.6 Å². The van der Waals surface area contributed by atoms with Crippen LogP contribution >= 0.6 is 0 Å². The van der Waals surface area contributed by atoms with Gasteiger partial charge in [-0.2, -0.15) is 5.26 Å². The number of benzene rings is 2. The fraction of sp³-hybridized carbons (Fsp3) is 0.444. The molecule has 0 spiro atoms. The van der Waals surface area contributed by atoms with Crippen LogP contribution in [0.2, 0.25) is 0 Å². The highest BCUT2D eigenvalue weighted by Crippen LogP contribution is 2.35. The van der Waals surface area contributed by atoms with Gasteiger partial charge in [0.15, 0.2) is 11.5 Å². The Morgan fingerprint density at radius 2 is 1.69 bits per heavy atom. The first-order valence-corrected chi connectivity index (χ1v) is 12.3. The molecule has 4 rings (SSSR count). The van der Waals surface area contributed by atoms with E-state index in [2.05, 4.69) is 11.0 Å². The van der Waals surface area contributed by atoms with E-state index in [0.717, 1.165) is 24.4 Å². The first-order valence-electron chi connectivity index (χ1n) is 12.3. The molecule has 2 heterocycles. The molecule has 2 amide bonds. The molecule has 0 aromatic heterocycles. The van der Waals surface area contributed by atoms with Crippen LogP contribution in [0.15, 0.2) is 47.5 Å². The minimum Gasteiger partial charge on any atom is -0.493 e. The normalized spacial score (nSPS) is 16.8. The zero-order valence-corrected chi connectivity index (χ0v) is 21.0. The summed E-state index contributed by atoms with van der Waals surface area (Å²) < 4.78 is 16.9. The summed E-state index contributed by atoms with van der Waals surface area (Å²) in [5.41, 5.74) is 1.97. The largest absolute Gasteiger partial charge is 0.493 e. The van der Waals surface area contributed by atoms with Gasteiger partial charge < -0.3 is 28.9 Å². The molecule has 0 radical (unpaired) electrons. The Bertz CT molecular complexity index is 1110. The van der Waals surface area contributed by atoms with Crippen LogP contribution in [-0.2, 0) is 11.3 Å². The summed E-state index contributed by atoms with van der Waals surface area (Å²) in [5, 5.41) is 9.79. The number of hydrogen-bond donors (Lipinski definition) is 0. The average Bonchev–Trinajstić information content (AvgIpc) is 3.19. The van der Waals surface area contributed by atoms with Crippen LogP contribution in [0, 0.1) is 11.3 Å². The summed E-state index contributed by atoms with van der Waals surface area (Å²) in [6.07, 6.45) is 0.851. The third-order valence-electron chi connectivity index (χ3n) is 6.43. The predicted molar refractivity (Wildman–Crippen MR) is 137 cm³/mol. The maximum Gasteiger partial charge on any atom is 0.320 e. The topological polar surface area (TPSA) is 90.6 Å². The summed E-state index contributed by atoms with van der Waals surface area (Å²) in [6, 6.07) is 15.6. The van der Waals surface area contributed by atoms with Gasteiger partial charge in [-0.25, -0.2) is 9.79 Å². The number of ether oxygens (including phenoxy) is 3. The van der Waals surface area contributed by atoms with E-state index < -0.39 is 0 Å². The number of carbonyl (C=O) groups excluding carboxylic acids is 1. The van der Waals surface area contributed by atoms with Gasteiger partial charge in [0, 0.05) is 51.4 Å². The van der Waals surface area contributed by atoms with Crippen molar-refractivity contribution in [3.05, 3.63) is 53.6 Å². The molecule has 0 N–H and O–H groups in total. The van der Waals surface area contributed by atoms with E-state index in [1.54, 1.807) is 19.2 Å². The molecule has 0 unspecified atom stereocenters. The zero-order valence-electron chi connectivity index (χ0n) is 21.0. The first kappa shape index (κ1) is 25.3. The predicted octanol–water partition coefficient (Wildman–Crippen LogP) is 3.66. The summed E-state index contributed by atoms with van der Waals surface area (Å²) in [6.45, 7) is 7.60. The summed E-state index contributed by atoms with van der Waals surface area (Å²) >= 11 is 0. The van der Waals surface area contributed by atoms with Crippen molar-refractivity contribution in [3.63, 3.8) is 0 Å². The quantitative estimate of drug-likeness (QED) is 0.468. The van der Waals surface area contributed by atoms with E-state index in [1.807, 2.05) is 47.1 Å². The molecular weight excluding hydrogens is 458 g/mol. The lowest BCUT2D eigenvalue weighted by molar-refractivity contribution is 0.0437. The standard InChI is InChI=1S/C27H33N5O4/c1-21(30-9-6-10-31(12-11-30)27(33)32-13-15-35-16-14-32)29-24-18-25(34-2)26(17-23(24)19-28)36-20-22-7-4-3-5-8-22/h3-5,7-8,17-18H,6,9-16,20H2,1-2H3/b29-21+. The molecule has 0 bridgehead atoms. The number of nitriles is 1. The second-order valence-electron chi connectivity index (χ2n) is 8.77. The SMILES string of the molecule is COc1cc(/N=C(\C)N2CCCN(C(=O)N3CCOCC3)CC2)c(C#N)cc1OCc1ccccc1. The molecule has 2 aromatic rings. The molecule has 2 aromatic carbocycles. The van der Waals surface area contributed by atoms with Crippen molar-refractivity contribution >= 4 is 17.6 Å². The van der Waals surface area contributed by atoms with E-state index >= 15 is 0 Å². The van der Waals surface area contributed by atoms with E-state index in [-0.39, 0.29) is 6.03 Å². The smallest absolute Gasteiger partial charge is 0.320 e. The molecule has 2 fully saturated rings. The van der Waals surface area contributed by atoms with Gasteiger partial charge in [0.05, 0.1) is 31.6 Å². The van der Waals surface area contributed by atoms with Crippen LogP contribution in [-0.4, -0.2) is 86.2 Å². The fourth-order valence-corrected chi connectivity index (χ4v) is 4.37. The minimum absolute atomic E-state index is 0.0809. The van der Waals surface area contributed by atoms with Crippen molar-refractivity contribution < 1.29 is 19.0 Å². The van der Waals surface area contributed by atoms with Gasteiger partial charge in [-0.3, -0.25) is 0 Å². The Hall–Kier alpha value is -3.77. The number of urea groups is 1. The zero-order chi connectivity index (χ0) is 25.3. The van der Waals surface area contributed by atoms with Crippen molar-refractivity contribution in [2.24, 2.45) is 4.99 Å². The number of nitrogens with zero attached hydrogens (tertiary/aromatic N) is 5. The molecule has 9 nitrogen and oxygen atoms in total. The maximum atomic E-state index is 12.9. The fourth-order valence-electron chi connectivity index (χ4n) is 4.37. The number of aliphatic imine (C=N–C) groups is 1. The van der Waals surface area contributed by atoms with Crippen molar-refractivity contribution in [2.75, 3.05) is 59.6 Å². The van der Waals surface area contributed by atoms with Gasteiger partial charge in [-0.05, 0) is 18.9 Å². The second-order valence-corrected chi connectivity index (χ2v) is 8.77. The number of rotatable bonds is 5. The van der Waals surface area contributed by atoms with Crippen LogP contribution < -0.4 is 9.47 Å². The van der Waals surface area contributed by atoms with Gasteiger partial charge in [0.2, 0.25) is 0 Å². The number of methoxy groups -OCH3 is 1. The van der Waals surface area contributed by atoms with Gasteiger partial charge in [-0.15, -0.1) is 0 Å². The van der Waals surface area contributed by atoms with Gasteiger partial charge in [0.25, 0.3) is 0 Å². The molecule has 2 aliphatic heterocycles. The van der Waals surface area contributed by atoms with Gasteiger partial charge >= 0.3 is 6.03 Å². The number of hydrogen-bond acceptors (Lipinski definition) is 6. The average molecular weight is 492 g/mol. The molecule has 0 atom stereocenters. The minimum atomic E-state index is 0.0809. The monoisotopic (exact) mass is 491 g/mol. The van der Waals surface area contributed by atoms with E-state index in [9.17, 15) is 10.1 Å². The van der Waals surface area contributed by atoms with Crippen molar-refractivity contribution in [1.29, 1.82) is 5.26 Å².